The van der Waals surface area contributed by atoms with Crippen molar-refractivity contribution in [1.82, 2.24) is 13.5 Å². The van der Waals surface area contributed by atoms with Crippen molar-refractivity contribution in [2.45, 2.75) is 17.1 Å². The molecule has 120 valence electrons. The van der Waals surface area contributed by atoms with E-state index in [-0.39, 0.29) is 11.2 Å². The molecule has 0 N–H and O–H groups in total. The van der Waals surface area contributed by atoms with Crippen LogP contribution in [0.2, 0.25) is 0 Å². The third-order valence-corrected chi connectivity index (χ3v) is 5.27. The molecule has 0 atom stereocenters. The minimum absolute atomic E-state index is 0.338. The molecule has 0 unspecified atom stereocenters. The van der Waals surface area contributed by atoms with E-state index in [0.717, 1.165) is 15.8 Å². The van der Waals surface area contributed by atoms with Crippen LogP contribution in [0.15, 0.2) is 33.9 Å². The minimum Gasteiger partial charge on any atom is -0.301 e. The highest BCUT2D eigenvalue weighted by Gasteiger charge is 2.25. The summed E-state index contributed by atoms with van der Waals surface area (Å²) in [5.41, 5.74) is 1.28. The van der Waals surface area contributed by atoms with Crippen LogP contribution in [0.1, 0.15) is 18.3 Å². The molecule has 0 aliphatic carbocycles. The minimum atomic E-state index is -0.472. The summed E-state index contributed by atoms with van der Waals surface area (Å²) >= 11 is 8.47. The Hall–Kier alpha value is -1.25. The van der Waals surface area contributed by atoms with Crippen LogP contribution in [0.4, 0.5) is 0 Å². The molecule has 0 fully saturated rings. The number of aryl methyl sites for hydroxylation is 1. The Labute approximate surface area is 153 Å². The van der Waals surface area contributed by atoms with E-state index in [2.05, 4.69) is 36.2 Å². The number of hydrogen-bond donors (Lipinski definition) is 0. The Morgan fingerprint density at radius 2 is 1.91 bits per heavy atom. The number of halogens is 2. The summed E-state index contributed by atoms with van der Waals surface area (Å²) < 4.78 is 7.60. The molecule has 0 spiro atoms. The summed E-state index contributed by atoms with van der Waals surface area (Å²) in [5, 5.41) is 0.901. The van der Waals surface area contributed by atoms with Crippen molar-refractivity contribution in [2.75, 3.05) is 0 Å². The van der Waals surface area contributed by atoms with E-state index in [0.29, 0.717) is 11.4 Å². The third-order valence-electron chi connectivity index (χ3n) is 3.69. The van der Waals surface area contributed by atoms with Crippen LogP contribution in [-0.4, -0.2) is 13.5 Å². The van der Waals surface area contributed by atoms with Crippen molar-refractivity contribution < 1.29 is 0 Å². The number of fused-ring (bicyclic) bond motifs is 1. The first-order valence-corrected chi connectivity index (χ1v) is 9.14. The second-order valence-electron chi connectivity index (χ2n) is 5.40. The lowest BCUT2D eigenvalue weighted by Gasteiger charge is -2.12. The summed E-state index contributed by atoms with van der Waals surface area (Å²) in [4.78, 5) is 24.7. The van der Waals surface area contributed by atoms with Gasteiger partial charge in [0.2, 0.25) is 0 Å². The fourth-order valence-corrected chi connectivity index (χ4v) is 4.05. The van der Waals surface area contributed by atoms with Crippen molar-refractivity contribution in [1.29, 1.82) is 0 Å². The second kappa shape index (κ2) is 5.68. The summed E-state index contributed by atoms with van der Waals surface area (Å²) in [5.74, 6) is 0. The van der Waals surface area contributed by atoms with Gasteiger partial charge in [0.25, 0.3) is 5.56 Å². The predicted octanol–water partition coefficient (Wildman–Crippen LogP) is 3.42. The number of aromatic nitrogens is 3. The Balaban J connectivity index is 2.33. The molecule has 0 saturated carbocycles. The van der Waals surface area contributed by atoms with Gasteiger partial charge in [-0.25, -0.2) is 9.36 Å². The fraction of sp³-hybridized carbons (Fsp3) is 0.267. The molecule has 2 aromatic heterocycles. The summed E-state index contributed by atoms with van der Waals surface area (Å²) in [6.07, 6.45) is 0. The zero-order chi connectivity index (χ0) is 16.9. The normalized spacial score (nSPS) is 12.0. The number of hydrogen-bond acceptors (Lipinski definition) is 4. The van der Waals surface area contributed by atoms with E-state index < -0.39 is 3.23 Å². The van der Waals surface area contributed by atoms with Crippen molar-refractivity contribution >= 4 is 53.5 Å². The van der Waals surface area contributed by atoms with E-state index in [4.69, 9.17) is 0 Å². The van der Waals surface area contributed by atoms with Gasteiger partial charge in [0.15, 0.2) is 0 Å². The largest absolute Gasteiger partial charge is 0.335 e. The summed E-state index contributed by atoms with van der Waals surface area (Å²) in [6, 6.07) is 6.93. The zero-order valence-corrected chi connectivity index (χ0v) is 16.6. The Kier molecular flexibility index (Phi) is 4.10. The van der Waals surface area contributed by atoms with E-state index in [1.54, 1.807) is 20.0 Å². The molecular formula is C15H13Br2N3O2S. The maximum Gasteiger partial charge on any atom is 0.335 e. The van der Waals surface area contributed by atoms with E-state index in [1.165, 1.54) is 26.7 Å². The highest BCUT2D eigenvalue weighted by Crippen LogP contribution is 2.41. The van der Waals surface area contributed by atoms with Crippen LogP contribution in [0.3, 0.4) is 0 Å². The van der Waals surface area contributed by atoms with E-state index in [1.807, 2.05) is 19.1 Å². The molecule has 8 heteroatoms. The van der Waals surface area contributed by atoms with Gasteiger partial charge in [-0.2, -0.15) is 4.37 Å². The molecule has 0 radical (unpaired) electrons. The lowest BCUT2D eigenvalue weighted by Crippen LogP contribution is -2.38. The number of nitrogens with zero attached hydrogens (tertiary/aromatic N) is 3. The van der Waals surface area contributed by atoms with E-state index in [9.17, 15) is 9.59 Å². The van der Waals surface area contributed by atoms with Gasteiger partial charge in [-0.15, -0.1) is 0 Å². The van der Waals surface area contributed by atoms with Crippen LogP contribution in [-0.2, 0) is 10.3 Å². The molecule has 3 rings (SSSR count). The van der Waals surface area contributed by atoms with Gasteiger partial charge in [-0.1, -0.05) is 31.9 Å². The number of rotatable bonds is 2. The van der Waals surface area contributed by atoms with Gasteiger partial charge >= 0.3 is 5.69 Å². The van der Waals surface area contributed by atoms with Crippen molar-refractivity contribution in [3.8, 4) is 5.69 Å². The van der Waals surface area contributed by atoms with Gasteiger partial charge in [0, 0.05) is 24.2 Å². The molecular weight excluding hydrogens is 446 g/mol. The van der Waals surface area contributed by atoms with Crippen LogP contribution >= 0.6 is 43.4 Å². The maximum atomic E-state index is 12.5. The van der Waals surface area contributed by atoms with Crippen LogP contribution < -0.4 is 11.2 Å². The molecule has 0 bridgehead atoms. The summed E-state index contributed by atoms with van der Waals surface area (Å²) in [7, 11) is 1.65. The SMILES string of the molecule is Cc1cc(=O)n(-c2ccc3snc(C(C)(Br)Br)c3c2)c(=O)n1C. The van der Waals surface area contributed by atoms with Gasteiger partial charge in [-0.3, -0.25) is 4.79 Å². The topological polar surface area (TPSA) is 56.9 Å². The second-order valence-corrected chi connectivity index (χ2v) is 10.4. The van der Waals surface area contributed by atoms with Crippen molar-refractivity contribution in [3.05, 3.63) is 56.5 Å². The van der Waals surface area contributed by atoms with Crippen LogP contribution in [0.5, 0.6) is 0 Å². The molecule has 0 amide bonds. The Bertz CT molecular complexity index is 1030. The quantitative estimate of drug-likeness (QED) is 0.553. The first-order valence-electron chi connectivity index (χ1n) is 6.78. The monoisotopic (exact) mass is 457 g/mol. The third kappa shape index (κ3) is 2.83. The van der Waals surface area contributed by atoms with Gasteiger partial charge < -0.3 is 4.57 Å². The number of alkyl halides is 2. The predicted molar refractivity (Wildman–Crippen MR) is 100 cm³/mol. The van der Waals surface area contributed by atoms with Gasteiger partial charge in [0.05, 0.1) is 16.1 Å². The van der Waals surface area contributed by atoms with Gasteiger partial charge in [-0.05, 0) is 43.6 Å². The highest BCUT2D eigenvalue weighted by molar-refractivity contribution is 9.24. The zero-order valence-electron chi connectivity index (χ0n) is 12.6. The molecule has 23 heavy (non-hydrogen) atoms. The van der Waals surface area contributed by atoms with Gasteiger partial charge in [0.1, 0.15) is 3.23 Å². The van der Waals surface area contributed by atoms with Crippen LogP contribution in [0, 0.1) is 6.92 Å². The molecule has 1 aromatic carbocycles. The lowest BCUT2D eigenvalue weighted by atomic mass is 10.1. The maximum absolute atomic E-state index is 12.5. The number of benzene rings is 1. The molecule has 0 saturated heterocycles. The van der Waals surface area contributed by atoms with E-state index >= 15 is 0 Å². The molecule has 3 aromatic rings. The van der Waals surface area contributed by atoms with Crippen molar-refractivity contribution in [3.63, 3.8) is 0 Å². The average molecular weight is 459 g/mol. The first kappa shape index (κ1) is 16.6. The first-order chi connectivity index (χ1) is 10.7. The summed E-state index contributed by atoms with van der Waals surface area (Å²) in [6.45, 7) is 3.67. The average Bonchev–Trinajstić information content (AvgIpc) is 2.88. The highest BCUT2D eigenvalue weighted by atomic mass is 79.9. The Morgan fingerprint density at radius 1 is 1.22 bits per heavy atom. The smallest absolute Gasteiger partial charge is 0.301 e. The van der Waals surface area contributed by atoms with Crippen LogP contribution in [0.25, 0.3) is 15.8 Å². The molecule has 5 nitrogen and oxygen atoms in total. The molecule has 2 heterocycles. The molecule has 0 aliphatic rings. The van der Waals surface area contributed by atoms with Crippen molar-refractivity contribution in [2.24, 2.45) is 7.05 Å². The standard InChI is InChI=1S/C15H13Br2N3O2S/c1-8-6-12(21)20(14(22)19(8)3)9-4-5-11-10(7-9)13(18-23-11)15(2,16)17/h4-7H,1-3H3. The Morgan fingerprint density at radius 3 is 2.57 bits per heavy atom. The molecule has 0 aliphatic heterocycles. The lowest BCUT2D eigenvalue weighted by molar-refractivity contribution is 0.714. The fourth-order valence-electron chi connectivity index (χ4n) is 2.36.